The van der Waals surface area contributed by atoms with E-state index in [0.717, 1.165) is 24.4 Å². The van der Waals surface area contributed by atoms with E-state index in [9.17, 15) is 4.79 Å². The Morgan fingerprint density at radius 3 is 2.47 bits per heavy atom. The van der Waals surface area contributed by atoms with Gasteiger partial charge in [0.2, 0.25) is 0 Å². The van der Waals surface area contributed by atoms with Gasteiger partial charge >= 0.3 is 0 Å². The van der Waals surface area contributed by atoms with E-state index in [0.29, 0.717) is 0 Å². The lowest BCUT2D eigenvalue weighted by Gasteiger charge is -2.10. The van der Waals surface area contributed by atoms with Gasteiger partial charge in [-0.05, 0) is 42.9 Å². The SMILES string of the molecule is CCCNC(=O)c1ccc(C2CCCC2)cc1. The fraction of sp³-hybridized carbons (Fsp3) is 0.533. The molecule has 1 aliphatic carbocycles. The molecule has 1 aromatic carbocycles. The Kier molecular flexibility index (Phi) is 4.18. The number of benzene rings is 1. The zero-order chi connectivity index (χ0) is 12.1. The molecule has 0 spiro atoms. The van der Waals surface area contributed by atoms with Crippen molar-refractivity contribution in [2.45, 2.75) is 44.9 Å². The molecule has 1 fully saturated rings. The van der Waals surface area contributed by atoms with E-state index in [1.54, 1.807) is 0 Å². The predicted octanol–water partition coefficient (Wildman–Crippen LogP) is 3.48. The third-order valence-corrected chi connectivity index (χ3v) is 3.54. The Labute approximate surface area is 103 Å². The molecule has 2 rings (SSSR count). The summed E-state index contributed by atoms with van der Waals surface area (Å²) in [6, 6.07) is 8.16. The van der Waals surface area contributed by atoms with Gasteiger partial charge in [0.25, 0.3) is 5.91 Å². The van der Waals surface area contributed by atoms with Crippen molar-refractivity contribution < 1.29 is 4.79 Å². The molecular weight excluding hydrogens is 210 g/mol. The minimum atomic E-state index is 0.0461. The second-order valence-electron chi connectivity index (χ2n) is 4.86. The number of hydrogen-bond donors (Lipinski definition) is 1. The molecule has 0 aromatic heterocycles. The van der Waals surface area contributed by atoms with Gasteiger partial charge in [-0.3, -0.25) is 4.79 Å². The van der Waals surface area contributed by atoms with Crippen LogP contribution in [0.3, 0.4) is 0 Å². The fourth-order valence-electron chi connectivity index (χ4n) is 2.51. The van der Waals surface area contributed by atoms with E-state index < -0.39 is 0 Å². The van der Waals surface area contributed by atoms with Crippen LogP contribution in [-0.2, 0) is 0 Å². The topological polar surface area (TPSA) is 29.1 Å². The molecule has 1 amide bonds. The molecular formula is C15H21NO. The number of rotatable bonds is 4. The first-order valence-electron chi connectivity index (χ1n) is 6.69. The van der Waals surface area contributed by atoms with Crippen LogP contribution in [0.2, 0.25) is 0 Å². The highest BCUT2D eigenvalue weighted by molar-refractivity contribution is 5.94. The summed E-state index contributed by atoms with van der Waals surface area (Å²) in [4.78, 5) is 11.7. The molecule has 2 nitrogen and oxygen atoms in total. The van der Waals surface area contributed by atoms with Crippen molar-refractivity contribution >= 4 is 5.91 Å². The van der Waals surface area contributed by atoms with Crippen molar-refractivity contribution in [3.05, 3.63) is 35.4 Å². The monoisotopic (exact) mass is 231 g/mol. The van der Waals surface area contributed by atoms with Gasteiger partial charge in [-0.2, -0.15) is 0 Å². The molecule has 0 aliphatic heterocycles. The Balaban J connectivity index is 1.99. The molecule has 2 heteroatoms. The Hall–Kier alpha value is -1.31. The molecule has 1 saturated carbocycles. The second kappa shape index (κ2) is 5.85. The standard InChI is InChI=1S/C15H21NO/c1-2-11-16-15(17)14-9-7-13(8-10-14)12-5-3-4-6-12/h7-10,12H,2-6,11H2,1H3,(H,16,17). The maximum Gasteiger partial charge on any atom is 0.251 e. The average molecular weight is 231 g/mol. The number of carbonyl (C=O) groups excluding carboxylic acids is 1. The van der Waals surface area contributed by atoms with E-state index in [2.05, 4.69) is 24.4 Å². The molecule has 0 unspecified atom stereocenters. The zero-order valence-corrected chi connectivity index (χ0v) is 10.5. The maximum absolute atomic E-state index is 11.7. The van der Waals surface area contributed by atoms with Crippen molar-refractivity contribution in [2.24, 2.45) is 0 Å². The van der Waals surface area contributed by atoms with Crippen molar-refractivity contribution in [3.63, 3.8) is 0 Å². The van der Waals surface area contributed by atoms with Gasteiger partial charge in [0.05, 0.1) is 0 Å². The van der Waals surface area contributed by atoms with Gasteiger partial charge in [0, 0.05) is 12.1 Å². The first kappa shape index (κ1) is 12.2. The smallest absolute Gasteiger partial charge is 0.251 e. The third-order valence-electron chi connectivity index (χ3n) is 3.54. The van der Waals surface area contributed by atoms with Crippen molar-refractivity contribution in [1.29, 1.82) is 0 Å². The fourth-order valence-corrected chi connectivity index (χ4v) is 2.51. The summed E-state index contributed by atoms with van der Waals surface area (Å²) in [6.07, 6.45) is 6.29. The summed E-state index contributed by atoms with van der Waals surface area (Å²) in [7, 11) is 0. The summed E-state index contributed by atoms with van der Waals surface area (Å²) < 4.78 is 0. The van der Waals surface area contributed by atoms with Crippen molar-refractivity contribution in [3.8, 4) is 0 Å². The molecule has 1 N–H and O–H groups in total. The maximum atomic E-state index is 11.7. The van der Waals surface area contributed by atoms with E-state index in [1.807, 2.05) is 12.1 Å². The first-order chi connectivity index (χ1) is 8.31. The number of nitrogens with one attached hydrogen (secondary N) is 1. The third kappa shape index (κ3) is 3.09. The Morgan fingerprint density at radius 1 is 1.24 bits per heavy atom. The van der Waals surface area contributed by atoms with E-state index in [-0.39, 0.29) is 5.91 Å². The molecule has 0 radical (unpaired) electrons. The number of hydrogen-bond acceptors (Lipinski definition) is 1. The largest absolute Gasteiger partial charge is 0.352 e. The lowest BCUT2D eigenvalue weighted by molar-refractivity contribution is 0.0953. The van der Waals surface area contributed by atoms with Crippen LogP contribution in [0, 0.1) is 0 Å². The number of amides is 1. The Morgan fingerprint density at radius 2 is 1.88 bits per heavy atom. The zero-order valence-electron chi connectivity index (χ0n) is 10.5. The molecule has 1 aliphatic rings. The highest BCUT2D eigenvalue weighted by atomic mass is 16.1. The normalized spacial score (nSPS) is 16.1. The molecule has 92 valence electrons. The minimum Gasteiger partial charge on any atom is -0.352 e. The quantitative estimate of drug-likeness (QED) is 0.844. The number of carbonyl (C=O) groups is 1. The first-order valence-corrected chi connectivity index (χ1v) is 6.69. The Bertz CT molecular complexity index is 363. The minimum absolute atomic E-state index is 0.0461. The summed E-state index contributed by atoms with van der Waals surface area (Å²) in [5, 5.41) is 2.90. The van der Waals surface area contributed by atoms with E-state index in [1.165, 1.54) is 31.2 Å². The lowest BCUT2D eigenvalue weighted by atomic mass is 9.96. The summed E-state index contributed by atoms with van der Waals surface area (Å²) in [5.41, 5.74) is 2.18. The van der Waals surface area contributed by atoms with E-state index in [4.69, 9.17) is 0 Å². The van der Waals surface area contributed by atoms with Gasteiger partial charge in [-0.25, -0.2) is 0 Å². The van der Waals surface area contributed by atoms with Crippen LogP contribution in [0.5, 0.6) is 0 Å². The van der Waals surface area contributed by atoms with Crippen LogP contribution in [0.4, 0.5) is 0 Å². The van der Waals surface area contributed by atoms with E-state index >= 15 is 0 Å². The van der Waals surface area contributed by atoms with Gasteiger partial charge in [0.1, 0.15) is 0 Å². The van der Waals surface area contributed by atoms with Crippen LogP contribution in [0.15, 0.2) is 24.3 Å². The highest BCUT2D eigenvalue weighted by Gasteiger charge is 2.17. The van der Waals surface area contributed by atoms with Crippen LogP contribution in [0.1, 0.15) is 60.9 Å². The van der Waals surface area contributed by atoms with Crippen molar-refractivity contribution in [2.75, 3.05) is 6.54 Å². The van der Waals surface area contributed by atoms with Crippen LogP contribution in [-0.4, -0.2) is 12.5 Å². The van der Waals surface area contributed by atoms with Crippen LogP contribution < -0.4 is 5.32 Å². The van der Waals surface area contributed by atoms with Gasteiger partial charge in [0.15, 0.2) is 0 Å². The van der Waals surface area contributed by atoms with Gasteiger partial charge in [-0.1, -0.05) is 31.9 Å². The highest BCUT2D eigenvalue weighted by Crippen LogP contribution is 2.33. The summed E-state index contributed by atoms with van der Waals surface area (Å²) in [6.45, 7) is 2.81. The van der Waals surface area contributed by atoms with Crippen molar-refractivity contribution in [1.82, 2.24) is 5.32 Å². The lowest BCUT2D eigenvalue weighted by Crippen LogP contribution is -2.23. The molecule has 0 bridgehead atoms. The molecule has 0 heterocycles. The van der Waals surface area contributed by atoms with Crippen LogP contribution in [0.25, 0.3) is 0 Å². The average Bonchev–Trinajstić information content (AvgIpc) is 2.90. The molecule has 17 heavy (non-hydrogen) atoms. The predicted molar refractivity (Wildman–Crippen MR) is 70.3 cm³/mol. The second-order valence-corrected chi connectivity index (χ2v) is 4.86. The van der Waals surface area contributed by atoms with Crippen LogP contribution >= 0.6 is 0 Å². The molecule has 0 saturated heterocycles. The summed E-state index contributed by atoms with van der Waals surface area (Å²) in [5.74, 6) is 0.771. The molecule has 0 atom stereocenters. The molecule has 1 aromatic rings. The van der Waals surface area contributed by atoms with Gasteiger partial charge in [-0.15, -0.1) is 0 Å². The van der Waals surface area contributed by atoms with Gasteiger partial charge < -0.3 is 5.32 Å². The summed E-state index contributed by atoms with van der Waals surface area (Å²) >= 11 is 0.